The highest BCUT2D eigenvalue weighted by molar-refractivity contribution is 5.98. The maximum absolute atomic E-state index is 13.7. The molecule has 2 N–H and O–H groups in total. The number of hydrogen-bond donors (Lipinski definition) is 2. The van der Waals surface area contributed by atoms with E-state index in [4.69, 9.17) is 15.9 Å². The molecule has 0 saturated heterocycles. The Balaban J connectivity index is 2.41. The Bertz CT molecular complexity index is 1100. The van der Waals surface area contributed by atoms with Crippen molar-refractivity contribution in [1.29, 1.82) is 0 Å². The van der Waals surface area contributed by atoms with Gasteiger partial charge in [-0.25, -0.2) is 4.79 Å². The molecular formula is C28H35N3O5. The van der Waals surface area contributed by atoms with Crippen molar-refractivity contribution in [2.45, 2.75) is 58.7 Å². The van der Waals surface area contributed by atoms with Crippen LogP contribution in [0.4, 0.5) is 10.5 Å². The van der Waals surface area contributed by atoms with Crippen LogP contribution in [0.15, 0.2) is 48.5 Å². The van der Waals surface area contributed by atoms with Crippen LogP contribution in [0.2, 0.25) is 0 Å². The number of benzene rings is 2. The van der Waals surface area contributed by atoms with Crippen LogP contribution in [-0.4, -0.2) is 47.6 Å². The fourth-order valence-corrected chi connectivity index (χ4v) is 3.52. The largest absolute Gasteiger partial charge is 0.497 e. The molecule has 2 rings (SSSR count). The van der Waals surface area contributed by atoms with Crippen LogP contribution in [0.5, 0.6) is 5.75 Å². The molecule has 0 radical (unpaired) electrons. The predicted octanol–water partition coefficient (Wildman–Crippen LogP) is 4.51. The van der Waals surface area contributed by atoms with Gasteiger partial charge in [-0.05, 0) is 83.5 Å². The van der Waals surface area contributed by atoms with Crippen LogP contribution in [0, 0.1) is 12.3 Å². The molecule has 0 aliphatic rings. The summed E-state index contributed by atoms with van der Waals surface area (Å²) in [6.45, 7) is 10.3. The Morgan fingerprint density at radius 2 is 1.56 bits per heavy atom. The molecule has 1 atom stereocenters. The zero-order valence-corrected chi connectivity index (χ0v) is 22.0. The van der Waals surface area contributed by atoms with Crippen molar-refractivity contribution in [3.05, 3.63) is 59.7 Å². The number of carbonyl (C=O) groups excluding carboxylic acids is 3. The van der Waals surface area contributed by atoms with Gasteiger partial charge in [0, 0.05) is 16.8 Å². The monoisotopic (exact) mass is 493 g/mol. The second-order valence-electron chi connectivity index (χ2n) is 10.2. The fourth-order valence-electron chi connectivity index (χ4n) is 3.52. The molecule has 1 unspecified atom stereocenters. The molecular weight excluding hydrogens is 458 g/mol. The van der Waals surface area contributed by atoms with Gasteiger partial charge >= 0.3 is 6.09 Å². The Kier molecular flexibility index (Phi) is 9.12. The highest BCUT2D eigenvalue weighted by Crippen LogP contribution is 2.30. The number of alkyl carbamates (subject to hydrolysis) is 1. The van der Waals surface area contributed by atoms with E-state index >= 15 is 0 Å². The van der Waals surface area contributed by atoms with Crippen LogP contribution in [0.1, 0.15) is 58.7 Å². The van der Waals surface area contributed by atoms with Gasteiger partial charge in [0.25, 0.3) is 5.91 Å². The lowest BCUT2D eigenvalue weighted by Gasteiger charge is -2.41. The van der Waals surface area contributed by atoms with E-state index in [0.717, 1.165) is 0 Å². The molecule has 3 amide bonds. The number of nitrogens with zero attached hydrogens (tertiary/aromatic N) is 1. The average Bonchev–Trinajstić information content (AvgIpc) is 2.79. The van der Waals surface area contributed by atoms with Crippen molar-refractivity contribution in [2.75, 3.05) is 19.0 Å². The third kappa shape index (κ3) is 8.05. The van der Waals surface area contributed by atoms with Crippen LogP contribution in [0.25, 0.3) is 0 Å². The molecule has 0 bridgehead atoms. The van der Waals surface area contributed by atoms with Gasteiger partial charge in [-0.3, -0.25) is 9.59 Å². The lowest BCUT2D eigenvalue weighted by atomic mass is 9.96. The second kappa shape index (κ2) is 11.6. The van der Waals surface area contributed by atoms with Gasteiger partial charge < -0.3 is 25.0 Å². The van der Waals surface area contributed by atoms with E-state index in [2.05, 4.69) is 16.6 Å². The maximum atomic E-state index is 13.7. The van der Waals surface area contributed by atoms with Crippen molar-refractivity contribution in [1.82, 2.24) is 10.2 Å². The maximum Gasteiger partial charge on any atom is 0.408 e. The van der Waals surface area contributed by atoms with Crippen LogP contribution >= 0.6 is 0 Å². The summed E-state index contributed by atoms with van der Waals surface area (Å²) in [6, 6.07) is 12.7. The molecule has 0 aliphatic carbocycles. The Hall–Kier alpha value is -3.99. The second-order valence-corrected chi connectivity index (χ2v) is 10.2. The first-order chi connectivity index (χ1) is 16.7. The number of terminal acetylenes is 1. The van der Waals surface area contributed by atoms with E-state index in [1.807, 2.05) is 20.8 Å². The van der Waals surface area contributed by atoms with Crippen LogP contribution in [-0.2, 0) is 14.3 Å². The summed E-state index contributed by atoms with van der Waals surface area (Å²) < 4.78 is 10.4. The number of anilines is 1. The highest BCUT2D eigenvalue weighted by Gasteiger charge is 2.38. The van der Waals surface area contributed by atoms with E-state index < -0.39 is 35.1 Å². The van der Waals surface area contributed by atoms with Gasteiger partial charge in [0.05, 0.1) is 7.11 Å². The SMILES string of the molecule is C#Cc1ccc(C(C(=O)Nc2ccc(OC)cc2)N(C(=O)CNC(=O)OC(C)(C)C)C(C)(C)C)cc1. The van der Waals surface area contributed by atoms with Gasteiger partial charge in [-0.15, -0.1) is 6.42 Å². The molecule has 0 spiro atoms. The van der Waals surface area contributed by atoms with Gasteiger partial charge in [-0.2, -0.15) is 0 Å². The number of nitrogens with one attached hydrogen (secondary N) is 2. The van der Waals surface area contributed by atoms with Gasteiger partial charge in [-0.1, -0.05) is 18.1 Å². The molecule has 2 aromatic carbocycles. The first-order valence-electron chi connectivity index (χ1n) is 11.6. The summed E-state index contributed by atoms with van der Waals surface area (Å²) in [5.74, 6) is 2.32. The molecule has 0 aromatic heterocycles. The molecule has 8 heteroatoms. The summed E-state index contributed by atoms with van der Waals surface area (Å²) in [5.41, 5.74) is 0.267. The quantitative estimate of drug-likeness (QED) is 0.554. The number of ether oxygens (including phenoxy) is 2. The summed E-state index contributed by atoms with van der Waals surface area (Å²) in [5, 5.41) is 5.38. The predicted molar refractivity (Wildman–Crippen MR) is 140 cm³/mol. The Morgan fingerprint density at radius 1 is 0.972 bits per heavy atom. The Morgan fingerprint density at radius 3 is 2.03 bits per heavy atom. The van der Waals surface area contributed by atoms with E-state index in [9.17, 15) is 14.4 Å². The lowest BCUT2D eigenvalue weighted by molar-refractivity contribution is -0.144. The van der Waals surface area contributed by atoms with Gasteiger partial charge in [0.1, 0.15) is 23.9 Å². The summed E-state index contributed by atoms with van der Waals surface area (Å²) in [7, 11) is 1.56. The van der Waals surface area contributed by atoms with Gasteiger partial charge in [0.15, 0.2) is 0 Å². The molecule has 2 aromatic rings. The summed E-state index contributed by atoms with van der Waals surface area (Å²) >= 11 is 0. The molecule has 0 fully saturated rings. The first kappa shape index (κ1) is 28.2. The topological polar surface area (TPSA) is 97.0 Å². The zero-order chi connectivity index (χ0) is 27.1. The normalized spacial score (nSPS) is 12.1. The first-order valence-corrected chi connectivity index (χ1v) is 11.6. The minimum Gasteiger partial charge on any atom is -0.497 e. The van der Waals surface area contributed by atoms with Crippen LogP contribution < -0.4 is 15.4 Å². The standard InChI is InChI=1S/C28H35N3O5/c1-9-19-10-12-20(13-11-19)24(25(33)30-21-14-16-22(35-8)17-15-21)31(27(2,3)4)23(32)18-29-26(34)36-28(5,6)7/h1,10-17,24H,18H2,2-8H3,(H,29,34)(H,30,33). The fraction of sp³-hybridized carbons (Fsp3) is 0.393. The van der Waals surface area contributed by atoms with Crippen molar-refractivity contribution in [3.63, 3.8) is 0 Å². The van der Waals surface area contributed by atoms with Crippen molar-refractivity contribution in [2.24, 2.45) is 0 Å². The lowest BCUT2D eigenvalue weighted by Crippen LogP contribution is -2.54. The molecule has 192 valence electrons. The minimum absolute atomic E-state index is 0.346. The average molecular weight is 494 g/mol. The van der Waals surface area contributed by atoms with Crippen LogP contribution in [0.3, 0.4) is 0 Å². The van der Waals surface area contributed by atoms with Crippen molar-refractivity contribution >= 4 is 23.6 Å². The van der Waals surface area contributed by atoms with E-state index in [1.54, 1.807) is 76.4 Å². The molecule has 0 aliphatic heterocycles. The molecule has 0 heterocycles. The minimum atomic E-state index is -1.01. The number of methoxy groups -OCH3 is 1. The zero-order valence-electron chi connectivity index (χ0n) is 22.0. The van der Waals surface area contributed by atoms with E-state index in [1.165, 1.54) is 4.90 Å². The number of hydrogen-bond acceptors (Lipinski definition) is 5. The summed E-state index contributed by atoms with van der Waals surface area (Å²) in [4.78, 5) is 40.7. The van der Waals surface area contributed by atoms with E-state index in [-0.39, 0.29) is 6.54 Å². The Labute approximate surface area is 213 Å². The summed E-state index contributed by atoms with van der Waals surface area (Å²) in [6.07, 6.45) is 4.77. The number of amides is 3. The third-order valence-electron chi connectivity index (χ3n) is 5.03. The smallest absolute Gasteiger partial charge is 0.408 e. The van der Waals surface area contributed by atoms with Crippen molar-refractivity contribution in [3.8, 4) is 18.1 Å². The molecule has 8 nitrogen and oxygen atoms in total. The van der Waals surface area contributed by atoms with E-state index in [0.29, 0.717) is 22.6 Å². The number of rotatable bonds is 7. The highest BCUT2D eigenvalue weighted by atomic mass is 16.6. The van der Waals surface area contributed by atoms with Gasteiger partial charge in [0.2, 0.25) is 5.91 Å². The molecule has 0 saturated carbocycles. The number of carbonyl (C=O) groups is 3. The van der Waals surface area contributed by atoms with Crippen molar-refractivity contribution < 1.29 is 23.9 Å². The third-order valence-corrected chi connectivity index (χ3v) is 5.03. The molecule has 36 heavy (non-hydrogen) atoms.